The largest absolute Gasteiger partial charge is 0.465 e. The highest BCUT2D eigenvalue weighted by Crippen LogP contribution is 2.23. The van der Waals surface area contributed by atoms with Gasteiger partial charge >= 0.3 is 5.97 Å². The molecule has 11 heteroatoms. The molecule has 160 valence electrons. The van der Waals surface area contributed by atoms with E-state index in [9.17, 15) is 21.6 Å². The second-order valence-electron chi connectivity index (χ2n) is 6.66. The van der Waals surface area contributed by atoms with E-state index in [0.717, 1.165) is 13.0 Å². The number of nitrogens with zero attached hydrogens (tertiary/aromatic N) is 2. The molecule has 9 nitrogen and oxygen atoms in total. The zero-order chi connectivity index (χ0) is 21.9. The van der Waals surface area contributed by atoms with Crippen LogP contribution in [0.4, 0.5) is 5.69 Å². The number of nitrogens with one attached hydrogen (secondary N) is 1. The lowest BCUT2D eigenvalue weighted by Gasteiger charge is -2.12. The van der Waals surface area contributed by atoms with Crippen molar-refractivity contribution in [2.45, 2.75) is 22.6 Å². The number of ether oxygens (including phenoxy) is 1. The van der Waals surface area contributed by atoms with Gasteiger partial charge in [-0.2, -0.15) is 8.42 Å². The van der Waals surface area contributed by atoms with Gasteiger partial charge in [0.15, 0.2) is 0 Å². The predicted molar refractivity (Wildman–Crippen MR) is 112 cm³/mol. The maximum Gasteiger partial charge on any atom is 0.337 e. The van der Waals surface area contributed by atoms with Gasteiger partial charge in [0.05, 0.1) is 28.2 Å². The van der Waals surface area contributed by atoms with Crippen LogP contribution in [0.5, 0.6) is 0 Å². The van der Waals surface area contributed by atoms with Crippen molar-refractivity contribution in [2.24, 2.45) is 4.40 Å². The highest BCUT2D eigenvalue weighted by Gasteiger charge is 2.22. The van der Waals surface area contributed by atoms with Crippen LogP contribution in [-0.2, 0) is 24.8 Å². The molecule has 0 radical (unpaired) electrons. The summed E-state index contributed by atoms with van der Waals surface area (Å²) >= 11 is 0. The Hall–Kier alpha value is -2.92. The Morgan fingerprint density at radius 3 is 2.43 bits per heavy atom. The third-order valence-corrected chi connectivity index (χ3v) is 7.19. The number of carbonyl (C=O) groups excluding carboxylic acids is 1. The van der Waals surface area contributed by atoms with Gasteiger partial charge in [0.1, 0.15) is 5.84 Å². The molecule has 0 amide bonds. The third kappa shape index (κ3) is 4.79. The van der Waals surface area contributed by atoms with E-state index in [1.54, 1.807) is 11.9 Å². The summed E-state index contributed by atoms with van der Waals surface area (Å²) in [6.07, 6.45) is 1.40. The van der Waals surface area contributed by atoms with E-state index < -0.39 is 26.0 Å². The minimum absolute atomic E-state index is 0.0551. The summed E-state index contributed by atoms with van der Waals surface area (Å²) < 4.78 is 61.5. The molecule has 2 aromatic rings. The van der Waals surface area contributed by atoms with E-state index in [1.807, 2.05) is 0 Å². The average molecular weight is 452 g/mol. The summed E-state index contributed by atoms with van der Waals surface area (Å²) in [5.74, 6) is -0.197. The van der Waals surface area contributed by atoms with Crippen molar-refractivity contribution in [1.29, 1.82) is 0 Å². The van der Waals surface area contributed by atoms with Crippen LogP contribution in [0.1, 0.15) is 23.2 Å². The van der Waals surface area contributed by atoms with Gasteiger partial charge in [-0.05, 0) is 42.8 Å². The maximum atomic E-state index is 12.7. The Kier molecular flexibility index (Phi) is 6.13. The first kappa shape index (κ1) is 21.8. The van der Waals surface area contributed by atoms with Crippen molar-refractivity contribution < 1.29 is 26.4 Å². The summed E-state index contributed by atoms with van der Waals surface area (Å²) in [5.41, 5.74) is 0.132. The highest BCUT2D eigenvalue weighted by atomic mass is 32.2. The Labute approximate surface area is 175 Å². The van der Waals surface area contributed by atoms with Gasteiger partial charge in [-0.15, -0.1) is 4.40 Å². The fraction of sp³-hybridized carbons (Fsp3) is 0.263. The number of likely N-dealkylation sites (tertiary alicyclic amines) is 1. The first-order valence-corrected chi connectivity index (χ1v) is 11.9. The van der Waals surface area contributed by atoms with Gasteiger partial charge in [0.2, 0.25) is 0 Å². The van der Waals surface area contributed by atoms with Crippen molar-refractivity contribution in [3.8, 4) is 0 Å². The molecule has 0 unspecified atom stereocenters. The Balaban J connectivity index is 1.89. The van der Waals surface area contributed by atoms with Crippen molar-refractivity contribution in [2.75, 3.05) is 25.4 Å². The van der Waals surface area contributed by atoms with Gasteiger partial charge in [-0.25, -0.2) is 13.2 Å². The SMILES string of the molecule is COC(=O)c1cccc(S(=O)(=O)Nc2cccc(S(=O)(=O)/N=C3\CCCN3C)c2)c1. The van der Waals surface area contributed by atoms with Crippen molar-refractivity contribution in [3.63, 3.8) is 0 Å². The molecule has 1 fully saturated rings. The molecule has 2 aromatic carbocycles. The number of sulfonamides is 2. The van der Waals surface area contributed by atoms with Crippen molar-refractivity contribution in [3.05, 3.63) is 54.1 Å². The van der Waals surface area contributed by atoms with Gasteiger partial charge in [0.25, 0.3) is 20.0 Å². The molecule has 30 heavy (non-hydrogen) atoms. The number of benzene rings is 2. The monoisotopic (exact) mass is 451 g/mol. The first-order chi connectivity index (χ1) is 14.1. The van der Waals surface area contributed by atoms with Gasteiger partial charge in [-0.1, -0.05) is 12.1 Å². The van der Waals surface area contributed by atoms with Crippen LogP contribution in [0.3, 0.4) is 0 Å². The lowest BCUT2D eigenvalue weighted by Crippen LogP contribution is -2.20. The number of hydrogen-bond donors (Lipinski definition) is 1. The number of rotatable bonds is 6. The smallest absolute Gasteiger partial charge is 0.337 e. The maximum absolute atomic E-state index is 12.7. The number of methoxy groups -OCH3 is 1. The van der Waals surface area contributed by atoms with Crippen LogP contribution in [0, 0.1) is 0 Å². The molecular weight excluding hydrogens is 430 g/mol. The van der Waals surface area contributed by atoms with Crippen LogP contribution in [-0.4, -0.2) is 54.2 Å². The van der Waals surface area contributed by atoms with Crippen LogP contribution in [0.15, 0.2) is 62.7 Å². The lowest BCUT2D eigenvalue weighted by molar-refractivity contribution is 0.0600. The molecule has 1 aliphatic heterocycles. The van der Waals surface area contributed by atoms with E-state index in [-0.39, 0.29) is 21.0 Å². The Morgan fingerprint density at radius 2 is 1.77 bits per heavy atom. The second-order valence-corrected chi connectivity index (χ2v) is 9.95. The van der Waals surface area contributed by atoms with E-state index >= 15 is 0 Å². The lowest BCUT2D eigenvalue weighted by atomic mass is 10.2. The first-order valence-electron chi connectivity index (χ1n) is 8.99. The Morgan fingerprint density at radius 1 is 1.07 bits per heavy atom. The zero-order valence-corrected chi connectivity index (χ0v) is 18.0. The van der Waals surface area contributed by atoms with Crippen LogP contribution in [0.25, 0.3) is 0 Å². The van der Waals surface area contributed by atoms with Gasteiger partial charge < -0.3 is 9.64 Å². The molecule has 1 N–H and O–H groups in total. The van der Waals surface area contributed by atoms with Gasteiger partial charge in [-0.3, -0.25) is 4.72 Å². The number of amidine groups is 1. The number of anilines is 1. The topological polar surface area (TPSA) is 122 Å². The van der Waals surface area contributed by atoms with E-state index in [1.165, 1.54) is 55.6 Å². The molecule has 0 bridgehead atoms. The molecule has 0 aromatic heterocycles. The average Bonchev–Trinajstić information content (AvgIpc) is 3.11. The van der Waals surface area contributed by atoms with E-state index in [0.29, 0.717) is 12.3 Å². The van der Waals surface area contributed by atoms with Crippen LogP contribution < -0.4 is 4.72 Å². The molecule has 1 heterocycles. The van der Waals surface area contributed by atoms with Crippen molar-refractivity contribution >= 4 is 37.5 Å². The highest BCUT2D eigenvalue weighted by molar-refractivity contribution is 7.92. The standard InChI is InChI=1S/C19H21N3O6S2/c1-22-11-5-10-18(22)21-30(26,27)17-9-4-7-15(13-17)20-29(24,25)16-8-3-6-14(12-16)19(23)28-2/h3-4,6-9,12-13,20H,5,10-11H2,1-2H3/b21-18+. The normalized spacial score (nSPS) is 15.9. The Bertz CT molecular complexity index is 1210. The number of carbonyl (C=O) groups is 1. The summed E-state index contributed by atoms with van der Waals surface area (Å²) in [6.45, 7) is 0.735. The summed E-state index contributed by atoms with van der Waals surface area (Å²) in [7, 11) is -5.09. The van der Waals surface area contributed by atoms with E-state index in [2.05, 4.69) is 13.9 Å². The molecule has 3 rings (SSSR count). The third-order valence-electron chi connectivity index (χ3n) is 4.51. The molecule has 1 saturated heterocycles. The summed E-state index contributed by atoms with van der Waals surface area (Å²) in [6, 6.07) is 10.7. The molecule has 1 aliphatic rings. The molecule has 0 spiro atoms. The van der Waals surface area contributed by atoms with E-state index in [4.69, 9.17) is 0 Å². The number of esters is 1. The predicted octanol–water partition coefficient (Wildman–Crippen LogP) is 2.09. The fourth-order valence-corrected chi connectivity index (χ4v) is 5.18. The fourth-order valence-electron chi connectivity index (χ4n) is 2.94. The zero-order valence-electron chi connectivity index (χ0n) is 16.4. The number of hydrogen-bond acceptors (Lipinski definition) is 6. The molecular formula is C19H21N3O6S2. The van der Waals surface area contributed by atoms with Gasteiger partial charge in [0, 0.05) is 20.0 Å². The molecule has 0 atom stereocenters. The second kappa shape index (κ2) is 8.44. The summed E-state index contributed by atoms with van der Waals surface area (Å²) in [5, 5.41) is 0. The summed E-state index contributed by atoms with van der Waals surface area (Å²) in [4.78, 5) is 13.1. The minimum atomic E-state index is -4.07. The quantitative estimate of drug-likeness (QED) is 0.667. The van der Waals surface area contributed by atoms with Crippen LogP contribution >= 0.6 is 0 Å². The van der Waals surface area contributed by atoms with Crippen LogP contribution in [0.2, 0.25) is 0 Å². The minimum Gasteiger partial charge on any atom is -0.465 e. The molecule has 0 saturated carbocycles. The van der Waals surface area contributed by atoms with Crippen molar-refractivity contribution in [1.82, 2.24) is 4.90 Å². The molecule has 0 aliphatic carbocycles.